The van der Waals surface area contributed by atoms with Crippen LogP contribution in [-0.2, 0) is 6.54 Å². The highest BCUT2D eigenvalue weighted by molar-refractivity contribution is 5.54. The molecule has 18 heavy (non-hydrogen) atoms. The van der Waals surface area contributed by atoms with Gasteiger partial charge in [0.15, 0.2) is 0 Å². The summed E-state index contributed by atoms with van der Waals surface area (Å²) in [7, 11) is 1.99. The number of hydrogen-bond acceptors (Lipinski definition) is 3. The van der Waals surface area contributed by atoms with Crippen molar-refractivity contribution in [3.8, 4) is 0 Å². The number of pyridine rings is 1. The molecular weight excluding hydrogens is 222 g/mol. The van der Waals surface area contributed by atoms with Crippen LogP contribution in [0.3, 0.4) is 0 Å². The molecule has 0 saturated carbocycles. The molecule has 0 bridgehead atoms. The summed E-state index contributed by atoms with van der Waals surface area (Å²) in [5, 5.41) is 3.24. The van der Waals surface area contributed by atoms with Crippen molar-refractivity contribution in [2.75, 3.05) is 18.5 Å². The molecule has 0 amide bonds. The molecule has 3 heteroatoms. The SMILES string of the molecule is CNCc1cnc(C)cc1N1CC(C)CCC1C. The first kappa shape index (κ1) is 13.3. The smallest absolute Gasteiger partial charge is 0.0448 e. The Balaban J connectivity index is 2.32. The lowest BCUT2D eigenvalue weighted by molar-refractivity contribution is 0.389. The average Bonchev–Trinajstić information content (AvgIpc) is 2.35. The first-order valence-corrected chi connectivity index (χ1v) is 6.98. The van der Waals surface area contributed by atoms with E-state index in [2.05, 4.69) is 42.0 Å². The van der Waals surface area contributed by atoms with Gasteiger partial charge in [-0.15, -0.1) is 0 Å². The predicted molar refractivity (Wildman–Crippen MR) is 76.9 cm³/mol. The van der Waals surface area contributed by atoms with Gasteiger partial charge in [0.05, 0.1) is 0 Å². The van der Waals surface area contributed by atoms with Crippen molar-refractivity contribution in [1.82, 2.24) is 10.3 Å². The highest BCUT2D eigenvalue weighted by Crippen LogP contribution is 2.30. The van der Waals surface area contributed by atoms with Gasteiger partial charge in [-0.05, 0) is 45.7 Å². The fourth-order valence-electron chi connectivity index (χ4n) is 2.79. The summed E-state index contributed by atoms with van der Waals surface area (Å²) in [6.45, 7) is 8.82. The van der Waals surface area contributed by atoms with Gasteiger partial charge in [-0.3, -0.25) is 4.98 Å². The summed E-state index contributed by atoms with van der Waals surface area (Å²) in [6.07, 6.45) is 4.66. The van der Waals surface area contributed by atoms with E-state index in [4.69, 9.17) is 0 Å². The minimum Gasteiger partial charge on any atom is -0.368 e. The molecule has 1 aromatic heterocycles. The number of piperidine rings is 1. The van der Waals surface area contributed by atoms with Crippen molar-refractivity contribution >= 4 is 5.69 Å². The van der Waals surface area contributed by atoms with Crippen LogP contribution < -0.4 is 10.2 Å². The van der Waals surface area contributed by atoms with Gasteiger partial charge < -0.3 is 10.2 Å². The van der Waals surface area contributed by atoms with Gasteiger partial charge in [0.2, 0.25) is 0 Å². The summed E-state index contributed by atoms with van der Waals surface area (Å²) in [5.41, 5.74) is 3.79. The Morgan fingerprint density at radius 1 is 1.39 bits per heavy atom. The van der Waals surface area contributed by atoms with Crippen molar-refractivity contribution in [3.63, 3.8) is 0 Å². The van der Waals surface area contributed by atoms with Crippen LogP contribution in [-0.4, -0.2) is 24.6 Å². The molecule has 2 atom stereocenters. The second-order valence-corrected chi connectivity index (χ2v) is 5.67. The molecule has 1 aromatic rings. The molecule has 0 aromatic carbocycles. The first-order valence-electron chi connectivity index (χ1n) is 6.98. The van der Waals surface area contributed by atoms with Crippen LogP contribution in [0.15, 0.2) is 12.3 Å². The lowest BCUT2D eigenvalue weighted by Gasteiger charge is -2.39. The van der Waals surface area contributed by atoms with Crippen molar-refractivity contribution in [1.29, 1.82) is 0 Å². The van der Waals surface area contributed by atoms with Gasteiger partial charge in [0.25, 0.3) is 0 Å². The van der Waals surface area contributed by atoms with Crippen LogP contribution >= 0.6 is 0 Å². The molecule has 0 radical (unpaired) electrons. The summed E-state index contributed by atoms with van der Waals surface area (Å²) in [6, 6.07) is 2.87. The monoisotopic (exact) mass is 247 g/mol. The van der Waals surface area contributed by atoms with Crippen molar-refractivity contribution < 1.29 is 0 Å². The zero-order valence-electron chi connectivity index (χ0n) is 12.0. The zero-order valence-corrected chi connectivity index (χ0v) is 12.0. The maximum Gasteiger partial charge on any atom is 0.0448 e. The van der Waals surface area contributed by atoms with Crippen LogP contribution in [0.2, 0.25) is 0 Å². The topological polar surface area (TPSA) is 28.2 Å². The average molecular weight is 247 g/mol. The van der Waals surface area contributed by atoms with E-state index in [1.165, 1.54) is 30.6 Å². The fourth-order valence-corrected chi connectivity index (χ4v) is 2.79. The Bertz CT molecular complexity index is 403. The molecule has 0 spiro atoms. The van der Waals surface area contributed by atoms with E-state index in [1.54, 1.807) is 0 Å². The number of rotatable bonds is 3. The van der Waals surface area contributed by atoms with E-state index in [-0.39, 0.29) is 0 Å². The lowest BCUT2D eigenvalue weighted by atomic mass is 9.94. The number of aryl methyl sites for hydroxylation is 1. The predicted octanol–water partition coefficient (Wildman–Crippen LogP) is 2.73. The summed E-state index contributed by atoms with van der Waals surface area (Å²) in [5.74, 6) is 0.789. The fraction of sp³-hybridized carbons (Fsp3) is 0.667. The zero-order chi connectivity index (χ0) is 13.1. The number of aromatic nitrogens is 1. The minimum absolute atomic E-state index is 0.638. The molecule has 3 nitrogen and oxygen atoms in total. The Labute approximate surface area is 111 Å². The Hall–Kier alpha value is -1.09. The van der Waals surface area contributed by atoms with Gasteiger partial charge in [0, 0.05) is 42.3 Å². The Morgan fingerprint density at radius 3 is 2.89 bits per heavy atom. The van der Waals surface area contributed by atoms with Gasteiger partial charge in [-0.25, -0.2) is 0 Å². The molecule has 100 valence electrons. The third kappa shape index (κ3) is 2.83. The molecule has 2 unspecified atom stereocenters. The molecule has 2 heterocycles. The summed E-state index contributed by atoms with van der Waals surface area (Å²) < 4.78 is 0. The minimum atomic E-state index is 0.638. The highest BCUT2D eigenvalue weighted by atomic mass is 15.2. The molecule has 1 aliphatic rings. The van der Waals surface area contributed by atoms with E-state index in [9.17, 15) is 0 Å². The van der Waals surface area contributed by atoms with Crippen LogP contribution in [0.25, 0.3) is 0 Å². The maximum atomic E-state index is 4.43. The number of hydrogen-bond donors (Lipinski definition) is 1. The van der Waals surface area contributed by atoms with E-state index in [0.717, 1.165) is 18.2 Å². The van der Waals surface area contributed by atoms with Crippen LogP contribution in [0.5, 0.6) is 0 Å². The molecular formula is C15H25N3. The van der Waals surface area contributed by atoms with Gasteiger partial charge in [-0.2, -0.15) is 0 Å². The second-order valence-electron chi connectivity index (χ2n) is 5.67. The van der Waals surface area contributed by atoms with Crippen LogP contribution in [0.4, 0.5) is 5.69 Å². The normalized spacial score (nSPS) is 24.3. The van der Waals surface area contributed by atoms with Crippen molar-refractivity contribution in [2.45, 2.75) is 46.2 Å². The molecule has 0 aliphatic carbocycles. The molecule has 2 rings (SSSR count). The van der Waals surface area contributed by atoms with Gasteiger partial charge in [0.1, 0.15) is 0 Å². The molecule has 1 N–H and O–H groups in total. The highest BCUT2D eigenvalue weighted by Gasteiger charge is 2.24. The third-order valence-corrected chi connectivity index (χ3v) is 3.89. The number of nitrogens with zero attached hydrogens (tertiary/aromatic N) is 2. The standard InChI is InChI=1S/C15H25N3/c1-11-5-6-13(3)18(10-11)15-7-12(2)17-9-14(15)8-16-4/h7,9,11,13,16H,5-6,8,10H2,1-4H3. The lowest BCUT2D eigenvalue weighted by Crippen LogP contribution is -2.41. The van der Waals surface area contributed by atoms with Crippen molar-refractivity contribution in [3.05, 3.63) is 23.5 Å². The van der Waals surface area contributed by atoms with E-state index < -0.39 is 0 Å². The number of nitrogens with one attached hydrogen (secondary N) is 1. The van der Waals surface area contributed by atoms with E-state index in [1.807, 2.05) is 13.2 Å². The molecule has 1 fully saturated rings. The Kier molecular flexibility index (Phi) is 4.23. The quantitative estimate of drug-likeness (QED) is 0.890. The van der Waals surface area contributed by atoms with Gasteiger partial charge >= 0.3 is 0 Å². The first-order chi connectivity index (χ1) is 8.61. The third-order valence-electron chi connectivity index (χ3n) is 3.89. The van der Waals surface area contributed by atoms with Gasteiger partial charge in [-0.1, -0.05) is 6.92 Å². The van der Waals surface area contributed by atoms with E-state index in [0.29, 0.717) is 6.04 Å². The van der Waals surface area contributed by atoms with Crippen LogP contribution in [0, 0.1) is 12.8 Å². The largest absolute Gasteiger partial charge is 0.368 e. The van der Waals surface area contributed by atoms with E-state index >= 15 is 0 Å². The second kappa shape index (κ2) is 5.70. The van der Waals surface area contributed by atoms with Crippen LogP contribution in [0.1, 0.15) is 37.9 Å². The molecule has 1 saturated heterocycles. The van der Waals surface area contributed by atoms with Crippen molar-refractivity contribution in [2.24, 2.45) is 5.92 Å². The number of anilines is 1. The maximum absolute atomic E-state index is 4.43. The molecule has 1 aliphatic heterocycles. The Morgan fingerprint density at radius 2 is 2.17 bits per heavy atom. The summed E-state index contributed by atoms with van der Waals surface area (Å²) >= 11 is 0. The summed E-state index contributed by atoms with van der Waals surface area (Å²) in [4.78, 5) is 7.00.